The second kappa shape index (κ2) is 5.87. The Balaban J connectivity index is 2.18. The molecule has 0 aliphatic heterocycles. The second-order valence-corrected chi connectivity index (χ2v) is 5.05. The molecule has 3 rings (SSSR count). The van der Waals surface area contributed by atoms with Gasteiger partial charge in [0.2, 0.25) is 0 Å². The molecule has 1 heterocycles. The lowest BCUT2D eigenvalue weighted by molar-refractivity contribution is 0.281. The van der Waals surface area contributed by atoms with E-state index in [9.17, 15) is 13.9 Å². The standard InChI is InChI=1S/C16H10ClF2NO2/c17-10-4-1-3-9(7-10)16-12(8-21)15(20-22-16)11-5-2-6-13(18)14(11)19/h1-7,21H,8H2. The highest BCUT2D eigenvalue weighted by Gasteiger charge is 2.22. The minimum atomic E-state index is -1.04. The molecule has 0 spiro atoms. The van der Waals surface area contributed by atoms with Crippen molar-refractivity contribution < 1.29 is 18.4 Å². The monoisotopic (exact) mass is 321 g/mol. The molecular formula is C16H10ClF2NO2. The minimum Gasteiger partial charge on any atom is -0.391 e. The van der Waals surface area contributed by atoms with Gasteiger partial charge in [0.1, 0.15) is 5.69 Å². The molecule has 0 saturated carbocycles. The van der Waals surface area contributed by atoms with E-state index in [1.165, 1.54) is 12.1 Å². The molecule has 0 bridgehead atoms. The fraction of sp³-hybridized carbons (Fsp3) is 0.0625. The van der Waals surface area contributed by atoms with Crippen LogP contribution in [0.2, 0.25) is 5.02 Å². The Bertz CT molecular complexity index is 833. The summed E-state index contributed by atoms with van der Waals surface area (Å²) in [6.07, 6.45) is 0. The van der Waals surface area contributed by atoms with Crippen molar-refractivity contribution in [1.29, 1.82) is 0 Å². The lowest BCUT2D eigenvalue weighted by Crippen LogP contribution is -1.94. The third-order valence-electron chi connectivity index (χ3n) is 3.24. The first-order valence-electron chi connectivity index (χ1n) is 6.41. The Kier molecular flexibility index (Phi) is 3.92. The SMILES string of the molecule is OCc1c(-c2cccc(F)c2F)noc1-c1cccc(Cl)c1. The fourth-order valence-corrected chi connectivity index (χ4v) is 2.40. The number of aliphatic hydroxyl groups excluding tert-OH is 1. The first kappa shape index (κ1) is 14.7. The molecule has 0 atom stereocenters. The van der Waals surface area contributed by atoms with Crippen molar-refractivity contribution >= 4 is 11.6 Å². The van der Waals surface area contributed by atoms with Crippen molar-refractivity contribution in [2.24, 2.45) is 0 Å². The maximum atomic E-state index is 13.9. The van der Waals surface area contributed by atoms with Crippen LogP contribution < -0.4 is 0 Å². The van der Waals surface area contributed by atoms with Crippen LogP contribution in [0.1, 0.15) is 5.56 Å². The van der Waals surface area contributed by atoms with E-state index in [2.05, 4.69) is 5.16 Å². The number of rotatable bonds is 3. The summed E-state index contributed by atoms with van der Waals surface area (Å²) in [5.41, 5.74) is 0.856. The van der Waals surface area contributed by atoms with Gasteiger partial charge in [0, 0.05) is 16.1 Å². The van der Waals surface area contributed by atoms with Crippen LogP contribution in [0.4, 0.5) is 8.78 Å². The molecule has 3 nitrogen and oxygen atoms in total. The Morgan fingerprint density at radius 2 is 1.91 bits per heavy atom. The molecule has 6 heteroatoms. The lowest BCUT2D eigenvalue weighted by Gasteiger charge is -2.03. The highest BCUT2D eigenvalue weighted by molar-refractivity contribution is 6.30. The number of hydrogen-bond donors (Lipinski definition) is 1. The van der Waals surface area contributed by atoms with Crippen molar-refractivity contribution in [3.63, 3.8) is 0 Å². The van der Waals surface area contributed by atoms with Gasteiger partial charge in [0.05, 0.1) is 12.2 Å². The molecule has 3 aromatic rings. The van der Waals surface area contributed by atoms with Crippen molar-refractivity contribution in [1.82, 2.24) is 5.16 Å². The molecule has 22 heavy (non-hydrogen) atoms. The topological polar surface area (TPSA) is 46.3 Å². The summed E-state index contributed by atoms with van der Waals surface area (Å²) in [4.78, 5) is 0. The number of halogens is 3. The first-order chi connectivity index (χ1) is 10.6. The molecule has 1 aromatic heterocycles. The maximum Gasteiger partial charge on any atom is 0.173 e. The smallest absolute Gasteiger partial charge is 0.173 e. The van der Waals surface area contributed by atoms with Gasteiger partial charge in [-0.1, -0.05) is 35.0 Å². The number of benzene rings is 2. The minimum absolute atomic E-state index is 0.0643. The van der Waals surface area contributed by atoms with Crippen molar-refractivity contribution in [3.8, 4) is 22.6 Å². The van der Waals surface area contributed by atoms with Gasteiger partial charge in [0.15, 0.2) is 17.4 Å². The fourth-order valence-electron chi connectivity index (χ4n) is 2.21. The molecule has 0 aliphatic carbocycles. The third kappa shape index (κ3) is 2.49. The summed E-state index contributed by atoms with van der Waals surface area (Å²) in [5, 5.41) is 13.9. The lowest BCUT2D eigenvalue weighted by atomic mass is 10.0. The summed E-state index contributed by atoms with van der Waals surface area (Å²) in [5.74, 6) is -1.76. The molecule has 0 radical (unpaired) electrons. The van der Waals surface area contributed by atoms with Crippen LogP contribution in [0.3, 0.4) is 0 Å². The average Bonchev–Trinajstić information content (AvgIpc) is 2.93. The van der Waals surface area contributed by atoms with E-state index >= 15 is 0 Å². The average molecular weight is 322 g/mol. The molecule has 112 valence electrons. The maximum absolute atomic E-state index is 13.9. The molecule has 0 unspecified atom stereocenters. The van der Waals surface area contributed by atoms with Gasteiger partial charge in [0.25, 0.3) is 0 Å². The predicted molar refractivity (Wildman–Crippen MR) is 78.2 cm³/mol. The van der Waals surface area contributed by atoms with Crippen LogP contribution in [-0.4, -0.2) is 10.3 Å². The van der Waals surface area contributed by atoms with Crippen LogP contribution in [0, 0.1) is 11.6 Å². The van der Waals surface area contributed by atoms with E-state index in [1.54, 1.807) is 24.3 Å². The summed E-state index contributed by atoms with van der Waals surface area (Å²) < 4.78 is 32.5. The van der Waals surface area contributed by atoms with Gasteiger partial charge >= 0.3 is 0 Å². The molecular weight excluding hydrogens is 312 g/mol. The summed E-state index contributed by atoms with van der Waals surface area (Å²) in [6.45, 7) is -0.434. The van der Waals surface area contributed by atoms with E-state index in [1.807, 2.05) is 0 Å². The number of nitrogens with zero attached hydrogens (tertiary/aromatic N) is 1. The van der Waals surface area contributed by atoms with Crippen LogP contribution in [0.25, 0.3) is 22.6 Å². The van der Waals surface area contributed by atoms with Crippen molar-refractivity contribution in [2.45, 2.75) is 6.61 Å². The molecule has 0 aliphatic rings. The van der Waals surface area contributed by atoms with Gasteiger partial charge in [-0.25, -0.2) is 8.78 Å². The van der Waals surface area contributed by atoms with Gasteiger partial charge in [-0.05, 0) is 24.3 Å². The predicted octanol–water partition coefficient (Wildman–Crippen LogP) is 4.43. The van der Waals surface area contributed by atoms with Gasteiger partial charge < -0.3 is 9.63 Å². The Morgan fingerprint density at radius 1 is 1.14 bits per heavy atom. The number of aliphatic hydroxyl groups is 1. The molecule has 0 saturated heterocycles. The molecule has 1 N–H and O–H groups in total. The summed E-state index contributed by atoms with van der Waals surface area (Å²) in [7, 11) is 0. The number of aromatic nitrogens is 1. The Morgan fingerprint density at radius 3 is 2.64 bits per heavy atom. The normalized spacial score (nSPS) is 10.9. The van der Waals surface area contributed by atoms with Gasteiger partial charge in [-0.2, -0.15) is 0 Å². The highest BCUT2D eigenvalue weighted by Crippen LogP contribution is 2.34. The zero-order chi connectivity index (χ0) is 15.7. The Hall–Kier alpha value is -2.24. The zero-order valence-corrected chi connectivity index (χ0v) is 11.9. The van der Waals surface area contributed by atoms with Crippen LogP contribution >= 0.6 is 11.6 Å². The van der Waals surface area contributed by atoms with E-state index in [0.29, 0.717) is 10.6 Å². The van der Waals surface area contributed by atoms with Crippen LogP contribution in [0.5, 0.6) is 0 Å². The zero-order valence-electron chi connectivity index (χ0n) is 11.2. The highest BCUT2D eigenvalue weighted by atomic mass is 35.5. The summed E-state index contributed by atoms with van der Waals surface area (Å²) in [6, 6.07) is 10.5. The van der Waals surface area contributed by atoms with E-state index in [-0.39, 0.29) is 22.6 Å². The molecule has 0 amide bonds. The van der Waals surface area contributed by atoms with Crippen LogP contribution in [-0.2, 0) is 6.61 Å². The van der Waals surface area contributed by atoms with E-state index in [0.717, 1.165) is 6.07 Å². The summed E-state index contributed by atoms with van der Waals surface area (Å²) >= 11 is 5.93. The molecule has 2 aromatic carbocycles. The Labute approximate surface area is 129 Å². The van der Waals surface area contributed by atoms with Crippen molar-refractivity contribution in [2.75, 3.05) is 0 Å². The van der Waals surface area contributed by atoms with E-state index < -0.39 is 18.2 Å². The number of hydrogen-bond acceptors (Lipinski definition) is 3. The second-order valence-electron chi connectivity index (χ2n) is 4.61. The quantitative estimate of drug-likeness (QED) is 0.776. The third-order valence-corrected chi connectivity index (χ3v) is 3.47. The van der Waals surface area contributed by atoms with Crippen molar-refractivity contribution in [3.05, 3.63) is 64.7 Å². The van der Waals surface area contributed by atoms with Crippen LogP contribution in [0.15, 0.2) is 47.0 Å². The first-order valence-corrected chi connectivity index (χ1v) is 6.79. The largest absolute Gasteiger partial charge is 0.391 e. The molecule has 0 fully saturated rings. The van der Waals surface area contributed by atoms with E-state index in [4.69, 9.17) is 16.1 Å². The van der Waals surface area contributed by atoms with Gasteiger partial charge in [-0.15, -0.1) is 0 Å². The van der Waals surface area contributed by atoms with Gasteiger partial charge in [-0.3, -0.25) is 0 Å².